The fraction of sp³-hybridized carbons (Fsp3) is 0.550. The van der Waals surface area contributed by atoms with Gasteiger partial charge in [-0.3, -0.25) is 9.79 Å². The van der Waals surface area contributed by atoms with Gasteiger partial charge in [0.05, 0.1) is 34.8 Å². The summed E-state index contributed by atoms with van der Waals surface area (Å²) in [6.07, 6.45) is 0. The summed E-state index contributed by atoms with van der Waals surface area (Å²) in [5.74, 6) is -0.631. The molecule has 0 radical (unpaired) electrons. The summed E-state index contributed by atoms with van der Waals surface area (Å²) in [4.78, 5) is 29.7. The van der Waals surface area contributed by atoms with Crippen LogP contribution in [0.15, 0.2) is 23.2 Å². The van der Waals surface area contributed by atoms with Crippen LogP contribution < -0.4 is 4.80 Å². The maximum absolute atomic E-state index is 12.3. The number of carbonyl (C=O) groups is 2. The number of methoxy groups -OCH3 is 1. The Hall–Kier alpha value is -2.15. The summed E-state index contributed by atoms with van der Waals surface area (Å²) in [5.41, 5.74) is 0.288. The first-order valence-electron chi connectivity index (χ1n) is 8.94. The van der Waals surface area contributed by atoms with Crippen molar-refractivity contribution in [3.05, 3.63) is 28.6 Å². The molecule has 0 aliphatic heterocycles. The summed E-state index contributed by atoms with van der Waals surface area (Å²) in [6, 6.07) is 5.53. The monoisotopic (exact) mass is 392 g/mol. The highest BCUT2D eigenvalue weighted by atomic mass is 32.1. The average Bonchev–Trinajstić information content (AvgIpc) is 2.94. The second kappa shape index (κ2) is 7.84. The van der Waals surface area contributed by atoms with Gasteiger partial charge in [0, 0.05) is 6.54 Å². The molecule has 0 aliphatic rings. The summed E-state index contributed by atoms with van der Waals surface area (Å²) < 4.78 is 13.3. The number of rotatable bonds is 5. The van der Waals surface area contributed by atoms with Gasteiger partial charge in [-0.2, -0.15) is 0 Å². The van der Waals surface area contributed by atoms with Crippen LogP contribution in [0, 0.1) is 5.41 Å². The van der Waals surface area contributed by atoms with Gasteiger partial charge in [0.15, 0.2) is 4.80 Å². The molecule has 0 saturated heterocycles. The predicted molar refractivity (Wildman–Crippen MR) is 107 cm³/mol. The molecule has 0 bridgehead atoms. The number of nitrogens with zero attached hydrogens (tertiary/aromatic N) is 2. The van der Waals surface area contributed by atoms with E-state index in [1.165, 1.54) is 18.4 Å². The molecule has 0 unspecified atom stereocenters. The summed E-state index contributed by atoms with van der Waals surface area (Å²) in [5, 5.41) is 0. The number of esters is 2. The van der Waals surface area contributed by atoms with Crippen LogP contribution in [0.25, 0.3) is 10.2 Å². The maximum atomic E-state index is 12.3. The van der Waals surface area contributed by atoms with Gasteiger partial charge in [-0.15, -0.1) is 0 Å². The fourth-order valence-corrected chi connectivity index (χ4v) is 3.70. The largest absolute Gasteiger partial charge is 0.469 e. The lowest BCUT2D eigenvalue weighted by Gasteiger charge is -2.19. The molecule has 0 fully saturated rings. The van der Waals surface area contributed by atoms with E-state index in [1.807, 2.05) is 53.7 Å². The molecule has 2 aromatic rings. The molecule has 2 rings (SSSR count). The molecular weight excluding hydrogens is 364 g/mol. The van der Waals surface area contributed by atoms with Gasteiger partial charge >= 0.3 is 11.9 Å². The Labute approximate surface area is 163 Å². The predicted octanol–water partition coefficient (Wildman–Crippen LogP) is 3.78. The summed E-state index contributed by atoms with van der Waals surface area (Å²) in [6.45, 7) is 12.3. The van der Waals surface area contributed by atoms with Gasteiger partial charge in [-0.25, -0.2) is 4.79 Å². The lowest BCUT2D eigenvalue weighted by molar-refractivity contribution is -0.150. The maximum Gasteiger partial charge on any atom is 0.338 e. The van der Waals surface area contributed by atoms with E-state index < -0.39 is 11.0 Å². The Balaban J connectivity index is 2.43. The third-order valence-electron chi connectivity index (χ3n) is 3.98. The number of thiazole rings is 1. The van der Waals surface area contributed by atoms with Crippen molar-refractivity contribution in [1.29, 1.82) is 0 Å². The molecule has 0 amide bonds. The van der Waals surface area contributed by atoms with Crippen LogP contribution in [-0.4, -0.2) is 35.8 Å². The number of hydrogen-bond donors (Lipinski definition) is 0. The van der Waals surface area contributed by atoms with E-state index in [2.05, 4.69) is 9.56 Å². The number of hydrogen-bond acceptors (Lipinski definition) is 6. The molecule has 0 atom stereocenters. The normalized spacial score (nSPS) is 13.1. The van der Waals surface area contributed by atoms with Crippen LogP contribution in [0.2, 0.25) is 0 Å². The van der Waals surface area contributed by atoms with Crippen LogP contribution in [0.1, 0.15) is 51.9 Å². The minimum atomic E-state index is -0.696. The number of ether oxygens (including phenoxy) is 2. The Morgan fingerprint density at radius 3 is 2.41 bits per heavy atom. The molecule has 6 nitrogen and oxygen atoms in total. The standard InChI is InChI=1S/C20H28N2O4S/c1-8-22-14-10-9-13(16(23)26-19(2,3)4)11-15(14)27-18(22)21-12-20(5,6)17(24)25-7/h9-11H,8,12H2,1-7H3/b21-18-. The Morgan fingerprint density at radius 2 is 1.85 bits per heavy atom. The van der Waals surface area contributed by atoms with Crippen molar-refractivity contribution >= 4 is 33.5 Å². The Bertz CT molecular complexity index is 916. The fourth-order valence-electron chi connectivity index (χ4n) is 2.57. The molecular formula is C20H28N2O4S. The van der Waals surface area contributed by atoms with Gasteiger partial charge in [0.1, 0.15) is 5.60 Å². The van der Waals surface area contributed by atoms with E-state index in [-0.39, 0.29) is 11.9 Å². The first-order chi connectivity index (χ1) is 12.5. The second-order valence-corrected chi connectivity index (χ2v) is 9.01. The lowest BCUT2D eigenvalue weighted by Crippen LogP contribution is -2.30. The lowest BCUT2D eigenvalue weighted by atomic mass is 9.94. The average molecular weight is 393 g/mol. The molecule has 0 spiro atoms. The molecule has 148 valence electrons. The number of benzene rings is 1. The highest BCUT2D eigenvalue weighted by molar-refractivity contribution is 7.16. The molecule has 1 heterocycles. The third-order valence-corrected chi connectivity index (χ3v) is 5.06. The van der Waals surface area contributed by atoms with E-state index >= 15 is 0 Å². The van der Waals surface area contributed by atoms with Crippen LogP contribution in [-0.2, 0) is 20.8 Å². The van der Waals surface area contributed by atoms with Crippen molar-refractivity contribution < 1.29 is 19.1 Å². The topological polar surface area (TPSA) is 69.9 Å². The Morgan fingerprint density at radius 1 is 1.19 bits per heavy atom. The summed E-state index contributed by atoms with van der Waals surface area (Å²) in [7, 11) is 1.38. The van der Waals surface area contributed by atoms with Crippen molar-refractivity contribution in [2.75, 3.05) is 13.7 Å². The van der Waals surface area contributed by atoms with Crippen molar-refractivity contribution in [2.45, 2.75) is 53.7 Å². The minimum Gasteiger partial charge on any atom is -0.469 e. The Kier molecular flexibility index (Phi) is 6.14. The van der Waals surface area contributed by atoms with E-state index in [0.717, 1.165) is 21.6 Å². The number of fused-ring (bicyclic) bond motifs is 1. The number of aromatic nitrogens is 1. The second-order valence-electron chi connectivity index (χ2n) is 8.00. The zero-order valence-electron chi connectivity index (χ0n) is 17.1. The van der Waals surface area contributed by atoms with E-state index in [0.29, 0.717) is 12.1 Å². The summed E-state index contributed by atoms with van der Waals surface area (Å²) >= 11 is 1.49. The van der Waals surface area contributed by atoms with Crippen molar-refractivity contribution in [3.63, 3.8) is 0 Å². The number of carbonyl (C=O) groups excluding carboxylic acids is 2. The molecule has 0 saturated carbocycles. The van der Waals surface area contributed by atoms with E-state index in [1.54, 1.807) is 6.07 Å². The van der Waals surface area contributed by atoms with Gasteiger partial charge in [0.2, 0.25) is 0 Å². The molecule has 27 heavy (non-hydrogen) atoms. The van der Waals surface area contributed by atoms with Crippen molar-refractivity contribution in [2.24, 2.45) is 10.4 Å². The van der Waals surface area contributed by atoms with Gasteiger partial charge in [-0.05, 0) is 59.7 Å². The highest BCUT2D eigenvalue weighted by Gasteiger charge is 2.28. The van der Waals surface area contributed by atoms with Gasteiger partial charge in [0.25, 0.3) is 0 Å². The smallest absolute Gasteiger partial charge is 0.338 e. The minimum absolute atomic E-state index is 0.289. The first kappa shape index (κ1) is 21.2. The molecule has 1 aromatic heterocycles. The van der Waals surface area contributed by atoms with Crippen molar-refractivity contribution in [1.82, 2.24) is 4.57 Å². The van der Waals surface area contributed by atoms with Crippen LogP contribution in [0.4, 0.5) is 0 Å². The zero-order chi connectivity index (χ0) is 20.4. The van der Waals surface area contributed by atoms with Crippen LogP contribution >= 0.6 is 11.3 Å². The van der Waals surface area contributed by atoms with Crippen LogP contribution in [0.3, 0.4) is 0 Å². The zero-order valence-corrected chi connectivity index (χ0v) is 17.9. The van der Waals surface area contributed by atoms with Crippen LogP contribution in [0.5, 0.6) is 0 Å². The number of aryl methyl sites for hydroxylation is 1. The van der Waals surface area contributed by atoms with Crippen molar-refractivity contribution in [3.8, 4) is 0 Å². The molecule has 1 aromatic carbocycles. The highest BCUT2D eigenvalue weighted by Crippen LogP contribution is 2.22. The van der Waals surface area contributed by atoms with Gasteiger partial charge < -0.3 is 14.0 Å². The van der Waals surface area contributed by atoms with E-state index in [4.69, 9.17) is 9.47 Å². The molecule has 7 heteroatoms. The van der Waals surface area contributed by atoms with E-state index in [9.17, 15) is 9.59 Å². The molecule has 0 aliphatic carbocycles. The SMILES string of the molecule is CCn1/c(=N/CC(C)(C)C(=O)OC)sc2cc(C(=O)OC(C)(C)C)ccc21. The first-order valence-corrected chi connectivity index (χ1v) is 9.76. The van der Waals surface area contributed by atoms with Gasteiger partial charge in [-0.1, -0.05) is 11.3 Å². The molecule has 0 N–H and O–H groups in total. The quantitative estimate of drug-likeness (QED) is 0.726. The third kappa shape index (κ3) is 4.97.